The third-order valence-corrected chi connectivity index (χ3v) is 2.57. The van der Waals surface area contributed by atoms with E-state index in [1.807, 2.05) is 0 Å². The van der Waals surface area contributed by atoms with Gasteiger partial charge in [-0.1, -0.05) is 23.2 Å². The first-order valence-electron chi connectivity index (χ1n) is 1.85. The summed E-state index contributed by atoms with van der Waals surface area (Å²) in [6, 6.07) is 0. The van der Waals surface area contributed by atoms with E-state index >= 15 is 0 Å². The fraction of sp³-hybridized carbons (Fsp3) is 1.00. The Morgan fingerprint density at radius 3 is 1.67 bits per heavy atom. The molecule has 0 fully saturated rings. The molecule has 0 spiro atoms. The van der Waals surface area contributed by atoms with E-state index < -0.39 is 15.5 Å². The lowest BCUT2D eigenvalue weighted by Crippen LogP contribution is -2.38. The number of aliphatic hydroxyl groups is 1. The van der Waals surface area contributed by atoms with Crippen molar-refractivity contribution in [1.29, 1.82) is 0 Å². The Morgan fingerprint density at radius 1 is 1.33 bits per heavy atom. The smallest absolute Gasteiger partial charge is 0.318 e. The first kappa shape index (κ1) is 10.0. The van der Waals surface area contributed by atoms with Gasteiger partial charge in [-0.15, -0.1) is 11.6 Å². The van der Waals surface area contributed by atoms with Gasteiger partial charge >= 0.3 is 5.31 Å². The quantitative estimate of drug-likeness (QED) is 0.701. The lowest BCUT2D eigenvalue weighted by Gasteiger charge is -2.22. The van der Waals surface area contributed by atoms with Crippen molar-refractivity contribution in [3.8, 4) is 0 Å². The molecule has 0 aromatic heterocycles. The van der Waals surface area contributed by atoms with E-state index in [9.17, 15) is 4.39 Å². The first-order valence-corrected chi connectivity index (χ1v) is 3.52. The highest BCUT2D eigenvalue weighted by Gasteiger charge is 2.47. The molecule has 0 saturated heterocycles. The molecule has 1 nitrogen and oxygen atoms in total. The van der Waals surface area contributed by atoms with Gasteiger partial charge in [0.1, 0.15) is 0 Å². The molecule has 0 bridgehead atoms. The zero-order valence-corrected chi connectivity index (χ0v) is 7.07. The molecule has 0 aromatic carbocycles. The highest BCUT2D eigenvalue weighted by atomic mass is 35.5. The second-order valence-electron chi connectivity index (χ2n) is 1.38. The zero-order chi connectivity index (χ0) is 7.71. The maximum absolute atomic E-state index is 12.1. The SMILES string of the molecule is OC(F)(Cl)C(Cl)(Cl)CCl. The van der Waals surface area contributed by atoms with Crippen LogP contribution < -0.4 is 0 Å². The van der Waals surface area contributed by atoms with Gasteiger partial charge in [-0.2, -0.15) is 4.39 Å². The standard InChI is InChI=1S/C3H3Cl4FO/c4-1-2(5,6)3(7,8)9/h9H,1H2. The lowest BCUT2D eigenvalue weighted by molar-refractivity contribution is -0.0144. The van der Waals surface area contributed by atoms with Gasteiger partial charge in [0, 0.05) is 0 Å². The van der Waals surface area contributed by atoms with Crippen LogP contribution in [0.3, 0.4) is 0 Å². The van der Waals surface area contributed by atoms with Crippen LogP contribution in [0.1, 0.15) is 0 Å². The van der Waals surface area contributed by atoms with Crippen molar-refractivity contribution in [1.82, 2.24) is 0 Å². The first-order chi connectivity index (χ1) is 3.81. The van der Waals surface area contributed by atoms with Gasteiger partial charge in [-0.05, 0) is 11.6 Å². The minimum atomic E-state index is -3.18. The van der Waals surface area contributed by atoms with E-state index in [2.05, 4.69) is 11.6 Å². The maximum Gasteiger partial charge on any atom is 0.318 e. The van der Waals surface area contributed by atoms with Crippen LogP contribution in [0.5, 0.6) is 0 Å². The molecule has 1 N–H and O–H groups in total. The van der Waals surface area contributed by atoms with E-state index in [0.717, 1.165) is 0 Å². The second-order valence-corrected chi connectivity index (χ2v) is 3.63. The normalized spacial score (nSPS) is 19.3. The van der Waals surface area contributed by atoms with E-state index in [4.69, 9.17) is 39.9 Å². The third kappa shape index (κ3) is 2.64. The van der Waals surface area contributed by atoms with Gasteiger partial charge in [-0.25, -0.2) is 0 Å². The van der Waals surface area contributed by atoms with Gasteiger partial charge in [0.2, 0.25) is 4.33 Å². The summed E-state index contributed by atoms with van der Waals surface area (Å²) in [7, 11) is 0. The summed E-state index contributed by atoms with van der Waals surface area (Å²) in [5, 5.41) is 5.11. The topological polar surface area (TPSA) is 20.2 Å². The minimum absolute atomic E-state index is 0.493. The van der Waals surface area contributed by atoms with Crippen molar-refractivity contribution in [2.75, 3.05) is 5.88 Å². The Hall–Kier alpha value is 1.05. The molecule has 0 heterocycles. The molecule has 6 heteroatoms. The summed E-state index contributed by atoms with van der Waals surface area (Å²) in [4.78, 5) is 0. The number of hydrogen-bond donors (Lipinski definition) is 1. The Labute approximate surface area is 71.6 Å². The van der Waals surface area contributed by atoms with Crippen LogP contribution >= 0.6 is 46.4 Å². The van der Waals surface area contributed by atoms with Crippen molar-refractivity contribution < 1.29 is 9.50 Å². The molecule has 0 aliphatic heterocycles. The summed E-state index contributed by atoms with van der Waals surface area (Å²) in [5.74, 6) is -0.493. The molecule has 56 valence electrons. The molecule has 0 aliphatic carbocycles. The van der Waals surface area contributed by atoms with E-state index in [0.29, 0.717) is 0 Å². The summed E-state index contributed by atoms with van der Waals surface area (Å²) < 4.78 is 9.98. The Kier molecular flexibility index (Phi) is 3.32. The molecule has 9 heavy (non-hydrogen) atoms. The summed E-state index contributed by atoms with van der Waals surface area (Å²) >= 11 is 19.8. The minimum Gasteiger partial charge on any atom is -0.347 e. The van der Waals surface area contributed by atoms with Crippen LogP contribution in [0, 0.1) is 0 Å². The molecular formula is C3H3Cl4FO. The molecule has 0 radical (unpaired) electrons. The van der Waals surface area contributed by atoms with Crippen LogP contribution in [-0.2, 0) is 0 Å². The molecule has 0 saturated carbocycles. The Balaban J connectivity index is 4.14. The predicted molar refractivity (Wildman–Crippen MR) is 37.1 cm³/mol. The number of halogens is 5. The molecule has 1 unspecified atom stereocenters. The van der Waals surface area contributed by atoms with Crippen molar-refractivity contribution in [2.45, 2.75) is 9.65 Å². The Bertz CT molecular complexity index is 98.5. The average molecular weight is 216 g/mol. The van der Waals surface area contributed by atoms with E-state index in [1.54, 1.807) is 0 Å². The molecule has 0 amide bonds. The zero-order valence-electron chi connectivity index (χ0n) is 4.04. The van der Waals surface area contributed by atoms with Crippen molar-refractivity contribution in [3.05, 3.63) is 0 Å². The predicted octanol–water partition coefficient (Wildman–Crippen LogP) is 2.25. The number of alkyl halides is 5. The summed E-state index contributed by atoms with van der Waals surface area (Å²) in [5.41, 5.74) is 0. The number of hydrogen-bond acceptors (Lipinski definition) is 1. The van der Waals surface area contributed by atoms with E-state index in [-0.39, 0.29) is 0 Å². The van der Waals surface area contributed by atoms with Crippen LogP contribution in [0.2, 0.25) is 0 Å². The fourth-order valence-electron chi connectivity index (χ4n) is 0.0804. The van der Waals surface area contributed by atoms with Crippen molar-refractivity contribution >= 4 is 46.4 Å². The highest BCUT2D eigenvalue weighted by molar-refractivity contribution is 6.55. The van der Waals surface area contributed by atoms with Gasteiger partial charge in [0.25, 0.3) is 0 Å². The summed E-state index contributed by atoms with van der Waals surface area (Å²) in [6.07, 6.45) is 0. The lowest BCUT2D eigenvalue weighted by atomic mass is 10.5. The average Bonchev–Trinajstić information content (AvgIpc) is 1.64. The van der Waals surface area contributed by atoms with Gasteiger partial charge in [0.15, 0.2) is 0 Å². The van der Waals surface area contributed by atoms with Crippen LogP contribution in [0.25, 0.3) is 0 Å². The Morgan fingerprint density at radius 2 is 1.67 bits per heavy atom. The van der Waals surface area contributed by atoms with Gasteiger partial charge in [-0.3, -0.25) is 0 Å². The van der Waals surface area contributed by atoms with Crippen LogP contribution in [-0.4, -0.2) is 20.6 Å². The van der Waals surface area contributed by atoms with E-state index in [1.165, 1.54) is 0 Å². The molecule has 0 aromatic rings. The van der Waals surface area contributed by atoms with Crippen molar-refractivity contribution in [2.24, 2.45) is 0 Å². The summed E-state index contributed by atoms with van der Waals surface area (Å²) in [6.45, 7) is 0. The third-order valence-electron chi connectivity index (χ3n) is 0.608. The van der Waals surface area contributed by atoms with Crippen LogP contribution in [0.4, 0.5) is 4.39 Å². The molecule has 0 aliphatic rings. The largest absolute Gasteiger partial charge is 0.347 e. The fourth-order valence-corrected chi connectivity index (χ4v) is 0.393. The highest BCUT2D eigenvalue weighted by Crippen LogP contribution is 2.39. The van der Waals surface area contributed by atoms with Crippen LogP contribution in [0.15, 0.2) is 0 Å². The van der Waals surface area contributed by atoms with Gasteiger partial charge < -0.3 is 5.11 Å². The molecular weight excluding hydrogens is 213 g/mol. The van der Waals surface area contributed by atoms with Crippen molar-refractivity contribution in [3.63, 3.8) is 0 Å². The molecule has 1 atom stereocenters. The number of rotatable bonds is 2. The van der Waals surface area contributed by atoms with Gasteiger partial charge in [0.05, 0.1) is 5.88 Å². The second kappa shape index (κ2) is 2.97. The monoisotopic (exact) mass is 214 g/mol. The maximum atomic E-state index is 12.1. The molecule has 0 rings (SSSR count).